The van der Waals surface area contributed by atoms with Gasteiger partial charge in [-0.3, -0.25) is 9.59 Å². The Bertz CT molecular complexity index is 414. The van der Waals surface area contributed by atoms with Gasteiger partial charge in [0, 0.05) is 0 Å². The highest BCUT2D eigenvalue weighted by molar-refractivity contribution is 5.98. The third-order valence-electron chi connectivity index (χ3n) is 1.77. The minimum atomic E-state index is -0.639. The van der Waals surface area contributed by atoms with E-state index < -0.39 is 5.97 Å². The van der Waals surface area contributed by atoms with Crippen LogP contribution in [0.5, 0.6) is 0 Å². The van der Waals surface area contributed by atoms with Crippen LogP contribution in [0.4, 0.5) is 5.69 Å². The van der Waals surface area contributed by atoms with Gasteiger partial charge in [0.1, 0.15) is 6.61 Å². The van der Waals surface area contributed by atoms with Gasteiger partial charge >= 0.3 is 5.97 Å². The SMILES string of the molecule is CC(=O)COC(=O)c1ccccc1NC=O. The highest BCUT2D eigenvalue weighted by atomic mass is 16.5. The van der Waals surface area contributed by atoms with Crippen LogP contribution in [0.1, 0.15) is 17.3 Å². The predicted octanol–water partition coefficient (Wildman–Crippen LogP) is 1.00. The van der Waals surface area contributed by atoms with Crippen LogP contribution in [-0.4, -0.2) is 24.8 Å². The second-order valence-electron chi connectivity index (χ2n) is 3.09. The maximum absolute atomic E-state index is 11.5. The standard InChI is InChI=1S/C11H11NO4/c1-8(14)6-16-11(15)9-4-2-3-5-10(9)12-7-13/h2-5,7H,6H2,1H3,(H,12,13). The van der Waals surface area contributed by atoms with E-state index >= 15 is 0 Å². The van der Waals surface area contributed by atoms with Crippen molar-refractivity contribution in [2.75, 3.05) is 11.9 Å². The van der Waals surface area contributed by atoms with Gasteiger partial charge < -0.3 is 10.1 Å². The maximum Gasteiger partial charge on any atom is 0.340 e. The zero-order valence-electron chi connectivity index (χ0n) is 8.73. The molecule has 0 saturated heterocycles. The molecule has 0 aliphatic rings. The molecular formula is C11H11NO4. The van der Waals surface area contributed by atoms with Crippen molar-refractivity contribution in [1.29, 1.82) is 0 Å². The number of benzene rings is 1. The lowest BCUT2D eigenvalue weighted by Gasteiger charge is -2.07. The topological polar surface area (TPSA) is 72.5 Å². The van der Waals surface area contributed by atoms with E-state index in [1.807, 2.05) is 0 Å². The van der Waals surface area contributed by atoms with E-state index in [1.165, 1.54) is 13.0 Å². The molecular weight excluding hydrogens is 210 g/mol. The first-order valence-corrected chi connectivity index (χ1v) is 4.61. The number of esters is 1. The second kappa shape index (κ2) is 5.65. The van der Waals surface area contributed by atoms with Gasteiger partial charge in [0.05, 0.1) is 11.3 Å². The van der Waals surface area contributed by atoms with E-state index in [0.29, 0.717) is 12.1 Å². The normalized spacial score (nSPS) is 9.31. The Labute approximate surface area is 92.4 Å². The Morgan fingerprint density at radius 1 is 1.38 bits per heavy atom. The smallest absolute Gasteiger partial charge is 0.340 e. The molecule has 5 heteroatoms. The molecule has 0 bridgehead atoms. The van der Waals surface area contributed by atoms with Crippen molar-refractivity contribution in [1.82, 2.24) is 0 Å². The fourth-order valence-electron chi connectivity index (χ4n) is 1.10. The number of carbonyl (C=O) groups excluding carboxylic acids is 3. The molecule has 84 valence electrons. The fraction of sp³-hybridized carbons (Fsp3) is 0.182. The van der Waals surface area contributed by atoms with Crippen LogP contribution in [-0.2, 0) is 14.3 Å². The molecule has 1 amide bonds. The molecule has 1 aromatic rings. The number of ketones is 1. The quantitative estimate of drug-likeness (QED) is 0.594. The van der Waals surface area contributed by atoms with Gasteiger partial charge in [-0.1, -0.05) is 12.1 Å². The Morgan fingerprint density at radius 3 is 2.69 bits per heavy atom. The van der Waals surface area contributed by atoms with E-state index in [4.69, 9.17) is 4.74 Å². The van der Waals surface area contributed by atoms with Crippen molar-refractivity contribution in [3.8, 4) is 0 Å². The van der Waals surface area contributed by atoms with Crippen LogP contribution >= 0.6 is 0 Å². The van der Waals surface area contributed by atoms with Crippen LogP contribution in [0, 0.1) is 0 Å². The lowest BCUT2D eigenvalue weighted by atomic mass is 10.2. The summed E-state index contributed by atoms with van der Waals surface area (Å²) in [5, 5.41) is 2.38. The Morgan fingerprint density at radius 2 is 2.06 bits per heavy atom. The van der Waals surface area contributed by atoms with Gasteiger partial charge in [-0.05, 0) is 19.1 Å². The van der Waals surface area contributed by atoms with E-state index in [2.05, 4.69) is 5.32 Å². The summed E-state index contributed by atoms with van der Waals surface area (Å²) in [6.07, 6.45) is 0.469. The number of para-hydroxylation sites is 1. The number of amides is 1. The van der Waals surface area contributed by atoms with E-state index in [0.717, 1.165) is 0 Å². The molecule has 0 fully saturated rings. The Kier molecular flexibility index (Phi) is 4.20. The summed E-state index contributed by atoms with van der Waals surface area (Å²) in [4.78, 5) is 32.5. The molecule has 0 radical (unpaired) electrons. The number of ether oxygens (including phenoxy) is 1. The molecule has 16 heavy (non-hydrogen) atoms. The molecule has 1 N–H and O–H groups in total. The number of anilines is 1. The molecule has 1 aromatic carbocycles. The van der Waals surface area contributed by atoms with Crippen molar-refractivity contribution < 1.29 is 19.1 Å². The zero-order chi connectivity index (χ0) is 12.0. The summed E-state index contributed by atoms with van der Waals surface area (Å²) in [5.41, 5.74) is 0.571. The van der Waals surface area contributed by atoms with Crippen molar-refractivity contribution >= 4 is 23.9 Å². The van der Waals surface area contributed by atoms with Gasteiger partial charge in [0.15, 0.2) is 5.78 Å². The molecule has 1 rings (SSSR count). The summed E-state index contributed by atoms with van der Waals surface area (Å²) < 4.78 is 4.73. The Balaban J connectivity index is 2.81. The molecule has 0 aromatic heterocycles. The van der Waals surface area contributed by atoms with Crippen LogP contribution in [0.3, 0.4) is 0 Å². The van der Waals surface area contributed by atoms with Crippen molar-refractivity contribution in [3.63, 3.8) is 0 Å². The van der Waals surface area contributed by atoms with E-state index in [9.17, 15) is 14.4 Å². The number of carbonyl (C=O) groups is 3. The molecule has 5 nitrogen and oxygen atoms in total. The number of nitrogens with one attached hydrogen (secondary N) is 1. The summed E-state index contributed by atoms with van der Waals surface area (Å²) in [6, 6.07) is 6.39. The fourth-order valence-corrected chi connectivity index (χ4v) is 1.10. The average molecular weight is 221 g/mol. The number of hydrogen-bond donors (Lipinski definition) is 1. The highest BCUT2D eigenvalue weighted by Crippen LogP contribution is 2.15. The first-order valence-electron chi connectivity index (χ1n) is 4.61. The van der Waals surface area contributed by atoms with Crippen LogP contribution < -0.4 is 5.32 Å². The highest BCUT2D eigenvalue weighted by Gasteiger charge is 2.12. The van der Waals surface area contributed by atoms with Crippen LogP contribution in [0.2, 0.25) is 0 Å². The lowest BCUT2D eigenvalue weighted by molar-refractivity contribution is -0.120. The van der Waals surface area contributed by atoms with Crippen LogP contribution in [0.15, 0.2) is 24.3 Å². The van der Waals surface area contributed by atoms with Gasteiger partial charge in [0.2, 0.25) is 6.41 Å². The first kappa shape index (κ1) is 11.9. The van der Waals surface area contributed by atoms with Gasteiger partial charge in [-0.25, -0.2) is 4.79 Å². The van der Waals surface area contributed by atoms with E-state index in [1.54, 1.807) is 18.2 Å². The van der Waals surface area contributed by atoms with Crippen molar-refractivity contribution in [2.45, 2.75) is 6.92 Å². The third kappa shape index (κ3) is 3.20. The van der Waals surface area contributed by atoms with Gasteiger partial charge in [0.25, 0.3) is 0 Å². The van der Waals surface area contributed by atoms with Gasteiger partial charge in [-0.2, -0.15) is 0 Å². The van der Waals surface area contributed by atoms with E-state index in [-0.39, 0.29) is 18.0 Å². The van der Waals surface area contributed by atoms with Gasteiger partial charge in [-0.15, -0.1) is 0 Å². The minimum absolute atomic E-state index is 0.218. The average Bonchev–Trinajstić information content (AvgIpc) is 2.27. The molecule has 0 unspecified atom stereocenters. The number of Topliss-reactive ketones (excluding diaryl/α,β-unsaturated/α-hetero) is 1. The second-order valence-corrected chi connectivity index (χ2v) is 3.09. The largest absolute Gasteiger partial charge is 0.454 e. The lowest BCUT2D eigenvalue weighted by Crippen LogP contribution is -2.13. The summed E-state index contributed by atoms with van der Waals surface area (Å²) in [7, 11) is 0. The Hall–Kier alpha value is -2.17. The molecule has 0 aliphatic heterocycles. The summed E-state index contributed by atoms with van der Waals surface area (Å²) in [5.74, 6) is -0.880. The molecule has 0 aliphatic carbocycles. The maximum atomic E-state index is 11.5. The van der Waals surface area contributed by atoms with Crippen molar-refractivity contribution in [3.05, 3.63) is 29.8 Å². The number of rotatable bonds is 5. The predicted molar refractivity (Wildman–Crippen MR) is 57.1 cm³/mol. The van der Waals surface area contributed by atoms with Crippen molar-refractivity contribution in [2.24, 2.45) is 0 Å². The first-order chi connectivity index (χ1) is 7.65. The third-order valence-corrected chi connectivity index (χ3v) is 1.77. The number of hydrogen-bond acceptors (Lipinski definition) is 4. The van der Waals surface area contributed by atoms with Crippen LogP contribution in [0.25, 0.3) is 0 Å². The molecule has 0 saturated carbocycles. The summed E-state index contributed by atoms with van der Waals surface area (Å²) in [6.45, 7) is 1.05. The molecule has 0 atom stereocenters. The monoisotopic (exact) mass is 221 g/mol. The summed E-state index contributed by atoms with van der Waals surface area (Å²) >= 11 is 0. The molecule has 0 spiro atoms. The minimum Gasteiger partial charge on any atom is -0.454 e. The molecule has 0 heterocycles. The zero-order valence-corrected chi connectivity index (χ0v) is 8.73.